The molecule has 0 atom stereocenters. The van der Waals surface area contributed by atoms with E-state index in [-0.39, 0.29) is 36.5 Å². The fraction of sp³-hybridized carbons (Fsp3) is 0.556. The van der Waals surface area contributed by atoms with Crippen molar-refractivity contribution < 1.29 is 18.0 Å². The van der Waals surface area contributed by atoms with E-state index < -0.39 is 10.0 Å². The Morgan fingerprint density at radius 2 is 1.56 bits per heavy atom. The highest BCUT2D eigenvalue weighted by Gasteiger charge is 2.38. The summed E-state index contributed by atoms with van der Waals surface area (Å²) in [4.78, 5) is 25.0. The molecule has 2 fully saturated rings. The number of hydrogen-bond acceptors (Lipinski definition) is 4. The Labute approximate surface area is 148 Å². The molecule has 0 spiro atoms. The number of sulfonamides is 1. The Balaban J connectivity index is 1.49. The van der Waals surface area contributed by atoms with Crippen molar-refractivity contribution in [3.63, 3.8) is 0 Å². The second kappa shape index (κ2) is 7.66. The van der Waals surface area contributed by atoms with E-state index in [1.165, 1.54) is 9.21 Å². The molecule has 7 heteroatoms. The summed E-state index contributed by atoms with van der Waals surface area (Å²) in [7, 11) is -3.28. The molecule has 3 rings (SSSR count). The van der Waals surface area contributed by atoms with Crippen molar-refractivity contribution in [1.29, 1.82) is 0 Å². The van der Waals surface area contributed by atoms with Crippen molar-refractivity contribution in [1.82, 2.24) is 9.21 Å². The van der Waals surface area contributed by atoms with Gasteiger partial charge in [-0.2, -0.15) is 0 Å². The first-order valence-electron chi connectivity index (χ1n) is 8.84. The van der Waals surface area contributed by atoms with Crippen molar-refractivity contribution in [2.45, 2.75) is 44.6 Å². The SMILES string of the molecule is O=C1CCC(=O)N1C1CCN(S(=O)(=O)CCCc2ccccc2)CC1. The number of carbonyl (C=O) groups is 2. The first kappa shape index (κ1) is 18.1. The standard InChI is InChI=1S/C18H24N2O4S/c21-17-8-9-18(22)20(17)16-10-12-19(13-11-16)25(23,24)14-4-7-15-5-2-1-3-6-15/h1-3,5-6,16H,4,7-14H2. The molecule has 6 nitrogen and oxygen atoms in total. The smallest absolute Gasteiger partial charge is 0.229 e. The topological polar surface area (TPSA) is 74.8 Å². The van der Waals surface area contributed by atoms with Gasteiger partial charge in [-0.1, -0.05) is 30.3 Å². The summed E-state index contributed by atoms with van der Waals surface area (Å²) in [6.07, 6.45) is 2.99. The molecule has 2 amide bonds. The summed E-state index contributed by atoms with van der Waals surface area (Å²) in [5.74, 6) is -0.0999. The van der Waals surface area contributed by atoms with Crippen LogP contribution in [0.1, 0.15) is 37.7 Å². The molecule has 2 aliphatic rings. The van der Waals surface area contributed by atoms with E-state index in [9.17, 15) is 18.0 Å². The van der Waals surface area contributed by atoms with Crippen LogP contribution in [-0.4, -0.2) is 54.3 Å². The van der Waals surface area contributed by atoms with Crippen molar-refractivity contribution in [3.8, 4) is 0 Å². The Morgan fingerprint density at radius 1 is 0.960 bits per heavy atom. The van der Waals surface area contributed by atoms with Gasteiger partial charge in [0.15, 0.2) is 0 Å². The highest BCUT2D eigenvalue weighted by Crippen LogP contribution is 2.24. The number of rotatable bonds is 6. The number of carbonyl (C=O) groups excluding carboxylic acids is 2. The normalized spacial score (nSPS) is 20.4. The van der Waals surface area contributed by atoms with Crippen molar-refractivity contribution in [2.75, 3.05) is 18.8 Å². The zero-order valence-corrected chi connectivity index (χ0v) is 15.1. The van der Waals surface area contributed by atoms with Crippen LogP contribution in [0.2, 0.25) is 0 Å². The van der Waals surface area contributed by atoms with Crippen LogP contribution in [0.5, 0.6) is 0 Å². The van der Waals surface area contributed by atoms with E-state index in [0.29, 0.717) is 32.4 Å². The Kier molecular flexibility index (Phi) is 5.54. The van der Waals surface area contributed by atoms with Crippen LogP contribution >= 0.6 is 0 Å². The van der Waals surface area contributed by atoms with Gasteiger partial charge in [-0.3, -0.25) is 14.5 Å². The third-order valence-corrected chi connectivity index (χ3v) is 6.94. The molecule has 2 aliphatic heterocycles. The maximum Gasteiger partial charge on any atom is 0.229 e. The molecule has 0 aliphatic carbocycles. The molecule has 136 valence electrons. The summed E-state index contributed by atoms with van der Waals surface area (Å²) in [5.41, 5.74) is 1.14. The Morgan fingerprint density at radius 3 is 2.16 bits per heavy atom. The van der Waals surface area contributed by atoms with Gasteiger partial charge < -0.3 is 0 Å². The number of likely N-dealkylation sites (tertiary alicyclic amines) is 1. The number of nitrogens with zero attached hydrogens (tertiary/aromatic N) is 2. The minimum Gasteiger partial charge on any atom is -0.279 e. The van der Waals surface area contributed by atoms with E-state index >= 15 is 0 Å². The second-order valence-corrected chi connectivity index (χ2v) is 8.78. The van der Waals surface area contributed by atoms with Crippen LogP contribution < -0.4 is 0 Å². The largest absolute Gasteiger partial charge is 0.279 e. The molecule has 2 saturated heterocycles. The molecule has 0 bridgehead atoms. The van der Waals surface area contributed by atoms with E-state index in [4.69, 9.17) is 0 Å². The summed E-state index contributed by atoms with van der Waals surface area (Å²) in [5, 5.41) is 0. The molecule has 0 saturated carbocycles. The van der Waals surface area contributed by atoms with Crippen molar-refractivity contribution >= 4 is 21.8 Å². The number of hydrogen-bond donors (Lipinski definition) is 0. The van der Waals surface area contributed by atoms with E-state index in [1.54, 1.807) is 0 Å². The first-order chi connectivity index (χ1) is 12.0. The van der Waals surface area contributed by atoms with Crippen LogP contribution in [0.25, 0.3) is 0 Å². The van der Waals surface area contributed by atoms with E-state index in [1.807, 2.05) is 30.3 Å². The van der Waals surface area contributed by atoms with E-state index in [0.717, 1.165) is 12.0 Å². The van der Waals surface area contributed by atoms with Gasteiger partial charge in [-0.05, 0) is 31.2 Å². The highest BCUT2D eigenvalue weighted by atomic mass is 32.2. The van der Waals surface area contributed by atoms with Crippen molar-refractivity contribution in [3.05, 3.63) is 35.9 Å². The zero-order chi connectivity index (χ0) is 17.9. The monoisotopic (exact) mass is 364 g/mol. The van der Waals surface area contributed by atoms with E-state index in [2.05, 4.69) is 0 Å². The molecular formula is C18H24N2O4S. The summed E-state index contributed by atoms with van der Waals surface area (Å²) >= 11 is 0. The summed E-state index contributed by atoms with van der Waals surface area (Å²) < 4.78 is 26.5. The second-order valence-electron chi connectivity index (χ2n) is 6.69. The maximum absolute atomic E-state index is 12.5. The highest BCUT2D eigenvalue weighted by molar-refractivity contribution is 7.89. The molecule has 1 aromatic rings. The van der Waals surface area contributed by atoms with Gasteiger partial charge >= 0.3 is 0 Å². The van der Waals surface area contributed by atoms with Gasteiger partial charge in [0.05, 0.1) is 5.75 Å². The molecule has 1 aromatic carbocycles. The third kappa shape index (κ3) is 4.27. The number of benzene rings is 1. The average molecular weight is 364 g/mol. The molecular weight excluding hydrogens is 340 g/mol. The van der Waals surface area contributed by atoms with Gasteiger partial charge in [-0.15, -0.1) is 0 Å². The number of aryl methyl sites for hydroxylation is 1. The van der Waals surface area contributed by atoms with Gasteiger partial charge in [0.1, 0.15) is 0 Å². The Bertz CT molecular complexity index is 709. The number of piperidine rings is 1. The summed E-state index contributed by atoms with van der Waals surface area (Å²) in [6, 6.07) is 9.72. The molecule has 2 heterocycles. The lowest BCUT2D eigenvalue weighted by Crippen LogP contribution is -2.48. The molecule has 0 unspecified atom stereocenters. The summed E-state index contributed by atoms with van der Waals surface area (Å²) in [6.45, 7) is 0.769. The van der Waals surface area contributed by atoms with Gasteiger partial charge in [0, 0.05) is 32.0 Å². The lowest BCUT2D eigenvalue weighted by molar-refractivity contribution is -0.141. The van der Waals surface area contributed by atoms with Crippen LogP contribution in [0.15, 0.2) is 30.3 Å². The fourth-order valence-corrected chi connectivity index (χ4v) is 5.15. The van der Waals surface area contributed by atoms with Gasteiger partial charge in [-0.25, -0.2) is 12.7 Å². The lowest BCUT2D eigenvalue weighted by Gasteiger charge is -2.35. The van der Waals surface area contributed by atoms with Crippen molar-refractivity contribution in [2.24, 2.45) is 0 Å². The van der Waals surface area contributed by atoms with Crippen LogP contribution in [0.4, 0.5) is 0 Å². The van der Waals surface area contributed by atoms with Gasteiger partial charge in [0.25, 0.3) is 0 Å². The van der Waals surface area contributed by atoms with Crippen LogP contribution in [-0.2, 0) is 26.0 Å². The molecule has 25 heavy (non-hydrogen) atoms. The average Bonchev–Trinajstić information content (AvgIpc) is 2.94. The van der Waals surface area contributed by atoms with Crippen LogP contribution in [0, 0.1) is 0 Å². The predicted octanol–water partition coefficient (Wildman–Crippen LogP) is 1.56. The molecule has 0 aromatic heterocycles. The zero-order valence-electron chi connectivity index (χ0n) is 14.3. The number of imide groups is 1. The Hall–Kier alpha value is -1.73. The fourth-order valence-electron chi connectivity index (χ4n) is 3.61. The molecule has 0 N–H and O–H groups in total. The lowest BCUT2D eigenvalue weighted by atomic mass is 10.1. The number of amides is 2. The first-order valence-corrected chi connectivity index (χ1v) is 10.4. The van der Waals surface area contributed by atoms with Crippen LogP contribution in [0.3, 0.4) is 0 Å². The molecule has 0 radical (unpaired) electrons. The quantitative estimate of drug-likeness (QED) is 0.718. The maximum atomic E-state index is 12.5. The third-order valence-electron chi connectivity index (χ3n) is 4.98. The van der Waals surface area contributed by atoms with Gasteiger partial charge in [0.2, 0.25) is 21.8 Å². The predicted molar refractivity (Wildman–Crippen MR) is 94.2 cm³/mol. The minimum atomic E-state index is -3.28. The minimum absolute atomic E-state index is 0.117.